The number of hydrogen-bond acceptors (Lipinski definition) is 2. The van der Waals surface area contributed by atoms with E-state index in [-0.39, 0.29) is 11.7 Å². The molecule has 1 heterocycles. The minimum absolute atomic E-state index is 0.0764. The van der Waals surface area contributed by atoms with Crippen LogP contribution in [0.2, 0.25) is 0 Å². The molecule has 0 saturated heterocycles. The minimum Gasteiger partial charge on any atom is -0.344 e. The Labute approximate surface area is 151 Å². The van der Waals surface area contributed by atoms with E-state index in [4.69, 9.17) is 0 Å². The third kappa shape index (κ3) is 6.29. The Morgan fingerprint density at radius 3 is 2.72 bits per heavy atom. The summed E-state index contributed by atoms with van der Waals surface area (Å²) in [6, 6.07) is 0. The van der Waals surface area contributed by atoms with E-state index >= 15 is 0 Å². The van der Waals surface area contributed by atoms with Crippen molar-refractivity contribution >= 4 is 11.5 Å². The molecule has 1 N–H and O–H groups in total. The standard InChI is InChI=1S/C21H30FN3/c1-8-10-23-21-16(5)12-19(18(7)25-21)17(6)24-13-14(3)11-20(22)15(4)9-2/h8,10-11,15H,3,5,9,12-13H2,1-2,4,6-7H3,(H,23,25). The molecule has 1 rings (SSSR count). The quantitative estimate of drug-likeness (QED) is 0.470. The maximum absolute atomic E-state index is 13.9. The zero-order chi connectivity index (χ0) is 19.0. The molecule has 136 valence electrons. The van der Waals surface area contributed by atoms with Gasteiger partial charge in [-0.1, -0.05) is 33.1 Å². The summed E-state index contributed by atoms with van der Waals surface area (Å²) in [5.74, 6) is 0.580. The molecule has 1 aliphatic rings. The van der Waals surface area contributed by atoms with Gasteiger partial charge >= 0.3 is 0 Å². The van der Waals surface area contributed by atoms with E-state index in [1.807, 2.05) is 40.7 Å². The van der Waals surface area contributed by atoms with Gasteiger partial charge in [0.1, 0.15) is 11.7 Å². The minimum atomic E-state index is -0.131. The number of nitrogens with one attached hydrogen (secondary N) is 1. The van der Waals surface area contributed by atoms with Crippen LogP contribution in [-0.4, -0.2) is 18.1 Å². The number of hydrogen-bond donors (Lipinski definition) is 1. The van der Waals surface area contributed by atoms with E-state index in [2.05, 4.69) is 28.5 Å². The van der Waals surface area contributed by atoms with Gasteiger partial charge in [0.2, 0.25) is 0 Å². The second-order valence-electron chi connectivity index (χ2n) is 6.37. The summed E-state index contributed by atoms with van der Waals surface area (Å²) in [6.07, 6.45) is 6.60. The maximum Gasteiger partial charge on any atom is 0.132 e. The first kappa shape index (κ1) is 20.8. The lowest BCUT2D eigenvalue weighted by atomic mass is 9.96. The summed E-state index contributed by atoms with van der Waals surface area (Å²) >= 11 is 0. The molecule has 0 bridgehead atoms. The van der Waals surface area contributed by atoms with Gasteiger partial charge in [-0.3, -0.25) is 4.99 Å². The second kappa shape index (κ2) is 9.92. The molecular weight excluding hydrogens is 313 g/mol. The normalized spacial score (nSPS) is 19.6. The van der Waals surface area contributed by atoms with E-state index in [0.29, 0.717) is 18.5 Å². The van der Waals surface area contributed by atoms with Gasteiger partial charge in [0.05, 0.1) is 6.54 Å². The van der Waals surface area contributed by atoms with Crippen molar-refractivity contribution in [2.24, 2.45) is 15.9 Å². The van der Waals surface area contributed by atoms with Crippen molar-refractivity contribution in [1.82, 2.24) is 5.32 Å². The molecule has 1 atom stereocenters. The molecule has 0 amide bonds. The van der Waals surface area contributed by atoms with Gasteiger partial charge in [0.25, 0.3) is 0 Å². The van der Waals surface area contributed by atoms with E-state index in [1.165, 1.54) is 6.08 Å². The van der Waals surface area contributed by atoms with E-state index in [1.54, 1.807) is 6.20 Å². The molecule has 1 aliphatic heterocycles. The van der Waals surface area contributed by atoms with Crippen LogP contribution in [0.5, 0.6) is 0 Å². The fourth-order valence-electron chi connectivity index (χ4n) is 2.34. The van der Waals surface area contributed by atoms with Gasteiger partial charge < -0.3 is 5.32 Å². The fraction of sp³-hybridized carbons (Fsp3) is 0.429. The van der Waals surface area contributed by atoms with Gasteiger partial charge in [-0.15, -0.1) is 0 Å². The molecule has 0 aromatic rings. The summed E-state index contributed by atoms with van der Waals surface area (Å²) in [5.41, 5.74) is 4.63. The van der Waals surface area contributed by atoms with Crippen LogP contribution in [-0.2, 0) is 0 Å². The zero-order valence-corrected chi connectivity index (χ0v) is 16.1. The van der Waals surface area contributed by atoms with Crippen molar-refractivity contribution in [2.75, 3.05) is 6.54 Å². The Morgan fingerprint density at radius 1 is 1.44 bits per heavy atom. The van der Waals surface area contributed by atoms with Crippen LogP contribution in [0.25, 0.3) is 0 Å². The molecule has 0 aromatic heterocycles. The topological polar surface area (TPSA) is 36.8 Å². The van der Waals surface area contributed by atoms with Crippen LogP contribution in [0.15, 0.2) is 69.7 Å². The molecule has 25 heavy (non-hydrogen) atoms. The third-order valence-corrected chi connectivity index (χ3v) is 4.22. The predicted octanol–water partition coefficient (Wildman–Crippen LogP) is 5.66. The van der Waals surface area contributed by atoms with Crippen LogP contribution in [0.1, 0.15) is 47.5 Å². The van der Waals surface area contributed by atoms with Crippen molar-refractivity contribution < 1.29 is 4.39 Å². The Morgan fingerprint density at radius 2 is 2.12 bits per heavy atom. The molecule has 4 heteroatoms. The lowest BCUT2D eigenvalue weighted by Crippen LogP contribution is -2.30. The smallest absolute Gasteiger partial charge is 0.132 e. The summed E-state index contributed by atoms with van der Waals surface area (Å²) in [4.78, 5) is 8.92. The van der Waals surface area contributed by atoms with Crippen molar-refractivity contribution in [2.45, 2.75) is 47.5 Å². The van der Waals surface area contributed by atoms with Crippen LogP contribution in [0, 0.1) is 5.92 Å². The zero-order valence-electron chi connectivity index (χ0n) is 16.1. The Balaban J connectivity index is 2.86. The molecule has 0 aliphatic carbocycles. The van der Waals surface area contributed by atoms with Gasteiger partial charge in [0.15, 0.2) is 0 Å². The van der Waals surface area contributed by atoms with Crippen molar-refractivity contribution in [3.05, 3.63) is 59.8 Å². The van der Waals surface area contributed by atoms with Gasteiger partial charge in [-0.2, -0.15) is 0 Å². The largest absolute Gasteiger partial charge is 0.344 e. The first-order valence-electron chi connectivity index (χ1n) is 8.70. The average Bonchev–Trinajstić information content (AvgIpc) is 2.59. The monoisotopic (exact) mass is 343 g/mol. The summed E-state index contributed by atoms with van der Waals surface area (Å²) in [5, 5.41) is 3.28. The average molecular weight is 343 g/mol. The van der Waals surface area contributed by atoms with Gasteiger partial charge in [-0.25, -0.2) is 9.38 Å². The number of rotatable bonds is 7. The Hall–Kier alpha value is -2.23. The van der Waals surface area contributed by atoms with Gasteiger partial charge in [0, 0.05) is 29.9 Å². The summed E-state index contributed by atoms with van der Waals surface area (Å²) in [6.45, 7) is 18.1. The molecule has 3 nitrogen and oxygen atoms in total. The highest BCUT2D eigenvalue weighted by atomic mass is 19.1. The first-order chi connectivity index (χ1) is 11.8. The molecule has 0 spiro atoms. The van der Waals surface area contributed by atoms with E-state index in [9.17, 15) is 4.39 Å². The molecule has 0 radical (unpaired) electrons. The SMILES string of the molecule is C=C(C=C(F)C(C)CC)CN=C(C)C1=C(C)NC(=NC=CC)C(=C)C1. The number of aliphatic imine (C=N–C) groups is 2. The maximum atomic E-state index is 13.9. The highest BCUT2D eigenvalue weighted by Crippen LogP contribution is 2.22. The number of nitrogens with zero attached hydrogens (tertiary/aromatic N) is 2. The van der Waals surface area contributed by atoms with Crippen molar-refractivity contribution in [3.8, 4) is 0 Å². The van der Waals surface area contributed by atoms with E-state index < -0.39 is 0 Å². The molecular formula is C21H30FN3. The highest BCUT2D eigenvalue weighted by molar-refractivity contribution is 6.07. The first-order valence-corrected chi connectivity index (χ1v) is 8.70. The number of halogens is 1. The Bertz CT molecular complexity index is 675. The Kier molecular flexibility index (Phi) is 8.26. The highest BCUT2D eigenvalue weighted by Gasteiger charge is 2.18. The third-order valence-electron chi connectivity index (χ3n) is 4.22. The molecule has 0 saturated carbocycles. The summed E-state index contributed by atoms with van der Waals surface area (Å²) < 4.78 is 13.9. The second-order valence-corrected chi connectivity index (χ2v) is 6.37. The number of allylic oxidation sites excluding steroid dienone is 4. The van der Waals surface area contributed by atoms with E-state index in [0.717, 1.165) is 34.8 Å². The number of amidine groups is 1. The lowest BCUT2D eigenvalue weighted by Gasteiger charge is -2.23. The van der Waals surface area contributed by atoms with Crippen LogP contribution in [0.3, 0.4) is 0 Å². The molecule has 1 unspecified atom stereocenters. The fourth-order valence-corrected chi connectivity index (χ4v) is 2.34. The van der Waals surface area contributed by atoms with Crippen LogP contribution < -0.4 is 5.32 Å². The van der Waals surface area contributed by atoms with Crippen molar-refractivity contribution in [3.63, 3.8) is 0 Å². The lowest BCUT2D eigenvalue weighted by molar-refractivity contribution is 0.482. The van der Waals surface area contributed by atoms with Gasteiger partial charge in [-0.05, 0) is 50.0 Å². The van der Waals surface area contributed by atoms with Crippen molar-refractivity contribution in [1.29, 1.82) is 0 Å². The van der Waals surface area contributed by atoms with Crippen LogP contribution >= 0.6 is 0 Å². The molecule has 0 fully saturated rings. The molecule has 0 aromatic carbocycles. The predicted molar refractivity (Wildman–Crippen MR) is 108 cm³/mol. The summed E-state index contributed by atoms with van der Waals surface area (Å²) in [7, 11) is 0. The van der Waals surface area contributed by atoms with Crippen LogP contribution in [0.4, 0.5) is 4.39 Å².